The van der Waals surface area contributed by atoms with Gasteiger partial charge in [-0.25, -0.2) is 0 Å². The van der Waals surface area contributed by atoms with Crippen molar-refractivity contribution in [1.82, 2.24) is 39.9 Å². The van der Waals surface area contributed by atoms with Crippen molar-refractivity contribution in [2.24, 2.45) is 0 Å². The standard InChI is InChI=1S/3C18H14N.C17H12N.4C13H12N.4Ir/c1-14-12-18(16-10-6-3-7-11-16)19-13-17(14)15-8-4-2-5-9-15;2*1-14-7-9-15(10-8-14)17-11-12-18(19-13-17)16-5-3-2-4-6-16;1-3-7-14(8-4-1)16-11-12-17(18-13-16)15-9-5-2-6-10-15;4*1-2-11-8-9-13(14-10-11)12-6-4-3-5-7-12;;;;/h2-10,12-13H,1H3;2*2-5,7-13H,1H3;1-9,11-13H;4*3-6,8-10H,2H2,1H3;;;;/q8*-1;;;;/i;1D3;;;4*2D2;;;;. The second kappa shape index (κ2) is 57.8. The molecule has 20 aromatic rings. The van der Waals surface area contributed by atoms with E-state index >= 15 is 0 Å². The van der Waals surface area contributed by atoms with Gasteiger partial charge in [-0.2, -0.15) is 0 Å². The van der Waals surface area contributed by atoms with E-state index in [2.05, 4.69) is 169 Å². The maximum Gasteiger partial charge on any atom is 0.0314 e. The van der Waals surface area contributed by atoms with Crippen molar-refractivity contribution in [3.63, 3.8) is 0 Å². The van der Waals surface area contributed by atoms with Crippen LogP contribution in [0.4, 0.5) is 0 Å². The maximum absolute atomic E-state index is 7.57. The van der Waals surface area contributed by atoms with Crippen LogP contribution in [-0.4, -0.2) is 39.9 Å². The number of hydrogen-bond acceptors (Lipinski definition) is 8. The Bertz CT molecular complexity index is 6730. The summed E-state index contributed by atoms with van der Waals surface area (Å²) >= 11 is 0. The Hall–Kier alpha value is -13.6. The van der Waals surface area contributed by atoms with Crippen LogP contribution in [0.25, 0.3) is 135 Å². The zero-order valence-electron chi connectivity index (χ0n) is 86.1. The molecule has 20 rings (SSSR count). The average molecular weight is 2470 g/mol. The van der Waals surface area contributed by atoms with Gasteiger partial charge in [0, 0.05) is 151 Å². The summed E-state index contributed by atoms with van der Waals surface area (Å²) < 4.78 is 82.7. The van der Waals surface area contributed by atoms with Crippen LogP contribution in [0.3, 0.4) is 0 Å². The fourth-order valence-electron chi connectivity index (χ4n) is 13.1. The van der Waals surface area contributed by atoms with Gasteiger partial charge in [-0.3, -0.25) is 0 Å². The van der Waals surface area contributed by atoms with E-state index < -0.39 is 32.3 Å². The summed E-state index contributed by atoms with van der Waals surface area (Å²) in [5, 5.41) is 0. The van der Waals surface area contributed by atoms with E-state index in [-0.39, 0.29) is 80.4 Å². The number of aryl methyl sites for hydroxylation is 7. The smallest absolute Gasteiger partial charge is 0.0314 e. The SMILES string of the molecule is Cc1cc(-c2[c-]cccc2)ncc1-c1ccccc1.Cc1ccc(-c2ccc(-c3[c-]cccc3)nc2)cc1.[2H]C([2H])(C)c1ccc(-c2[c-]cccc2)nc1.[2H]C([2H])(C)c1ccc(-c2[c-]cccc2)nc1.[2H]C([2H])(C)c1ccc(-c2[c-]cccc2)nc1.[2H]C([2H])(C)c1ccc(-c2[c-]cccc2)nc1.[2H]C([2H])([2H])c1ccc(-c2ccc(-c3[c-]cccc3)nc2)cc1.[Ir].[Ir].[Ir].[Ir].[c-]1ccccc1-c1ccc(-c2ccccc2)cn1. The molecule has 0 aliphatic carbocycles. The molecule has 8 heterocycles. The zero-order valence-corrected chi connectivity index (χ0v) is 84.6. The summed E-state index contributed by atoms with van der Waals surface area (Å²) in [6.07, 6.45) is 8.52. The Morgan fingerprint density at radius 1 is 0.207 bits per heavy atom. The number of hydrogen-bond donors (Lipinski definition) is 0. The van der Waals surface area contributed by atoms with Gasteiger partial charge in [0.25, 0.3) is 0 Å². The predicted molar refractivity (Wildman–Crippen MR) is 542 cm³/mol. The Balaban J connectivity index is 0.000000185. The first kappa shape index (κ1) is 89.3. The molecule has 0 fully saturated rings. The van der Waals surface area contributed by atoms with Gasteiger partial charge in [-0.05, 0) is 159 Å². The fourth-order valence-corrected chi connectivity index (χ4v) is 13.1. The van der Waals surface area contributed by atoms with E-state index in [0.29, 0.717) is 27.8 Å². The molecule has 4 radical (unpaired) electrons. The van der Waals surface area contributed by atoms with Crippen LogP contribution in [0.1, 0.15) is 81.7 Å². The molecule has 12 heteroatoms. The van der Waals surface area contributed by atoms with Crippen molar-refractivity contribution in [2.75, 3.05) is 0 Å². The third-order valence-electron chi connectivity index (χ3n) is 20.3. The van der Waals surface area contributed by atoms with E-state index in [9.17, 15) is 0 Å². The molecule has 8 aromatic heterocycles. The van der Waals surface area contributed by atoms with Gasteiger partial charge in [0.15, 0.2) is 0 Å². The largest absolute Gasteiger partial charge is 0.304 e. The molecule has 0 bridgehead atoms. The first-order chi connectivity index (χ1) is 68.4. The van der Waals surface area contributed by atoms with Gasteiger partial charge in [-0.15, -0.1) is 287 Å². The molecule has 0 aliphatic heterocycles. The second-order valence-electron chi connectivity index (χ2n) is 29.3. The van der Waals surface area contributed by atoms with Gasteiger partial charge in [0.2, 0.25) is 0 Å². The molecule has 0 aliphatic rings. The van der Waals surface area contributed by atoms with Gasteiger partial charge in [0.1, 0.15) is 0 Å². The molecule has 0 amide bonds. The minimum Gasteiger partial charge on any atom is -0.304 e. The van der Waals surface area contributed by atoms with Gasteiger partial charge >= 0.3 is 0 Å². The minimum absolute atomic E-state index is 0. The number of aromatic nitrogens is 8. The van der Waals surface area contributed by atoms with Crippen LogP contribution in [0.2, 0.25) is 0 Å². The minimum atomic E-state index is -2.07. The summed E-state index contributed by atoms with van der Waals surface area (Å²) in [6, 6.07) is 152. The molecule has 0 saturated carbocycles. The third-order valence-corrected chi connectivity index (χ3v) is 20.3. The van der Waals surface area contributed by atoms with Crippen molar-refractivity contribution >= 4 is 0 Å². The summed E-state index contributed by atoms with van der Waals surface area (Å²) in [4.78, 5) is 35.0. The summed E-state index contributed by atoms with van der Waals surface area (Å²) in [5.41, 5.74) is 28.9. The molecule has 0 saturated heterocycles. The van der Waals surface area contributed by atoms with E-state index in [1.807, 2.05) is 310 Å². The van der Waals surface area contributed by atoms with Gasteiger partial charge < -0.3 is 39.9 Å². The van der Waals surface area contributed by atoms with Crippen molar-refractivity contribution in [1.29, 1.82) is 0 Å². The summed E-state index contributed by atoms with van der Waals surface area (Å²) in [5.74, 6) is 0. The maximum atomic E-state index is 7.57. The average Bonchev–Trinajstić information content (AvgIpc) is 0.872. The molecule has 0 N–H and O–H groups in total. The normalized spacial score (nSPS) is 11.6. The monoisotopic (exact) mass is 2470 g/mol. The van der Waals surface area contributed by atoms with Crippen molar-refractivity contribution in [3.05, 3.63) is 531 Å². The fraction of sp³-hybridized carbons (Fsp3) is 0.0894. The van der Waals surface area contributed by atoms with Crippen LogP contribution in [0.5, 0.6) is 0 Å². The molecule has 12 aromatic carbocycles. The molecular formula is C123H102Ir4N8-8. The first-order valence-corrected chi connectivity index (χ1v) is 42.7. The number of pyridine rings is 8. The zero-order chi connectivity index (χ0) is 100. The van der Waals surface area contributed by atoms with Crippen LogP contribution in [-0.2, 0) is 106 Å². The van der Waals surface area contributed by atoms with Crippen LogP contribution in [0.15, 0.2) is 444 Å². The summed E-state index contributed by atoms with van der Waals surface area (Å²) in [7, 11) is 0. The first-order valence-electron chi connectivity index (χ1n) is 48.2. The van der Waals surface area contributed by atoms with Gasteiger partial charge in [-0.1, -0.05) is 239 Å². The number of benzene rings is 12. The Labute approximate surface area is 868 Å². The number of rotatable bonds is 16. The molecule has 0 atom stereocenters. The van der Waals surface area contributed by atoms with Crippen molar-refractivity contribution in [3.8, 4) is 135 Å². The number of nitrogens with zero attached hydrogens (tertiary/aromatic N) is 8. The Morgan fingerprint density at radius 2 is 0.422 bits per heavy atom. The predicted octanol–water partition coefficient (Wildman–Crippen LogP) is 30.2. The molecule has 678 valence electrons. The quantitative estimate of drug-likeness (QED) is 0.0882. The van der Waals surface area contributed by atoms with E-state index in [0.717, 1.165) is 112 Å². The van der Waals surface area contributed by atoms with Gasteiger partial charge in [0.05, 0.1) is 0 Å². The second-order valence-corrected chi connectivity index (χ2v) is 29.3. The van der Waals surface area contributed by atoms with Crippen LogP contribution >= 0.6 is 0 Å². The molecular weight excluding hydrogens is 2360 g/mol. The Morgan fingerprint density at radius 3 is 0.637 bits per heavy atom. The Kier molecular flexibility index (Phi) is 38.2. The van der Waals surface area contributed by atoms with Crippen molar-refractivity contribution in [2.45, 2.75) is 73.9 Å². The summed E-state index contributed by atoms with van der Waals surface area (Å²) in [6.45, 7) is 8.25. The molecule has 0 spiro atoms. The third kappa shape index (κ3) is 33.2. The van der Waals surface area contributed by atoms with Crippen LogP contribution in [0, 0.1) is 69.2 Å². The molecule has 0 unspecified atom stereocenters. The molecule has 8 nitrogen and oxygen atoms in total. The molecule has 135 heavy (non-hydrogen) atoms. The van der Waals surface area contributed by atoms with E-state index in [4.69, 9.17) is 15.1 Å². The van der Waals surface area contributed by atoms with E-state index in [1.54, 1.807) is 67.4 Å². The van der Waals surface area contributed by atoms with Crippen LogP contribution < -0.4 is 0 Å². The topological polar surface area (TPSA) is 103 Å². The van der Waals surface area contributed by atoms with Crippen molar-refractivity contribution < 1.29 is 95.5 Å². The van der Waals surface area contributed by atoms with E-state index in [1.165, 1.54) is 61.1 Å².